The first-order valence-electron chi connectivity index (χ1n) is 14.1. The number of cyclic esters (lactones) is 1. The number of carbonyl (C=O) groups is 2. The van der Waals surface area contributed by atoms with Crippen LogP contribution in [0, 0.1) is 0 Å². The first-order valence-corrected chi connectivity index (χ1v) is 15.3. The molecule has 0 unspecified atom stereocenters. The first-order chi connectivity index (χ1) is 21.5. The van der Waals surface area contributed by atoms with Crippen molar-refractivity contribution in [3.05, 3.63) is 74.2 Å². The zero-order valence-electron chi connectivity index (χ0n) is 23.9. The van der Waals surface area contributed by atoms with Gasteiger partial charge < -0.3 is 19.7 Å². The molecule has 0 aliphatic carbocycles. The van der Waals surface area contributed by atoms with E-state index in [1.54, 1.807) is 41.3 Å². The summed E-state index contributed by atoms with van der Waals surface area (Å²) in [5, 5.41) is 4.32. The number of hydrogen-bond donors (Lipinski definition) is 1. The third-order valence-corrected chi connectivity index (χ3v) is 9.11. The lowest BCUT2D eigenvalue weighted by Gasteiger charge is -2.33. The van der Waals surface area contributed by atoms with Gasteiger partial charge in [0.2, 0.25) is 0 Å². The molecule has 2 aliphatic heterocycles. The number of rotatable bonds is 8. The number of nitrogens with one attached hydrogen (secondary N) is 1. The zero-order chi connectivity index (χ0) is 31.9. The predicted octanol–water partition coefficient (Wildman–Crippen LogP) is 5.74. The number of amides is 1. The molecule has 1 N–H and O–H groups in total. The Morgan fingerprint density at radius 1 is 1.22 bits per heavy atom. The van der Waals surface area contributed by atoms with Crippen molar-refractivity contribution in [2.75, 3.05) is 25.1 Å². The van der Waals surface area contributed by atoms with Gasteiger partial charge in [0, 0.05) is 42.2 Å². The highest BCUT2D eigenvalue weighted by Gasteiger charge is 2.38. The van der Waals surface area contributed by atoms with Gasteiger partial charge in [-0.25, -0.2) is 14.8 Å². The number of ether oxygens (including phenoxy) is 2. The Bertz CT molecular complexity index is 1830. The number of alkyl halides is 3. The molecule has 236 valence electrons. The Balaban J connectivity index is 1.45. The fourth-order valence-electron chi connectivity index (χ4n) is 5.60. The Morgan fingerprint density at radius 2 is 2.00 bits per heavy atom. The van der Waals surface area contributed by atoms with Crippen molar-refractivity contribution in [1.82, 2.24) is 19.4 Å². The minimum Gasteiger partial charge on any atom is -0.465 e. The van der Waals surface area contributed by atoms with Crippen LogP contribution >= 0.6 is 22.9 Å². The fourth-order valence-corrected chi connectivity index (χ4v) is 6.54. The number of piperidine rings is 1. The van der Waals surface area contributed by atoms with Crippen molar-refractivity contribution in [2.45, 2.75) is 51.0 Å². The highest BCUT2D eigenvalue weighted by Crippen LogP contribution is 2.40. The molecule has 2 saturated heterocycles. The number of anilines is 1. The number of carbonyl (C=O) groups excluding carboxylic acids is 2. The highest BCUT2D eigenvalue weighted by molar-refractivity contribution is 7.15. The lowest BCUT2D eigenvalue weighted by atomic mass is 9.97. The molecule has 15 heteroatoms. The van der Waals surface area contributed by atoms with Crippen LogP contribution in [0.2, 0.25) is 5.02 Å². The molecule has 4 aromatic rings. The van der Waals surface area contributed by atoms with Crippen molar-refractivity contribution in [3.63, 3.8) is 0 Å². The second kappa shape index (κ2) is 12.3. The molecule has 0 radical (unpaired) electrons. The van der Waals surface area contributed by atoms with Crippen molar-refractivity contribution in [2.24, 2.45) is 0 Å². The van der Waals surface area contributed by atoms with Gasteiger partial charge in [0.15, 0.2) is 0 Å². The van der Waals surface area contributed by atoms with Crippen LogP contribution in [0.4, 0.5) is 23.7 Å². The summed E-state index contributed by atoms with van der Waals surface area (Å²) >= 11 is 6.55. The molecule has 1 amide bonds. The normalized spacial score (nSPS) is 18.2. The fraction of sp³-hybridized carbons (Fsp3) is 0.367. The second-order valence-electron chi connectivity index (χ2n) is 10.9. The largest absolute Gasteiger partial charge is 0.465 e. The van der Waals surface area contributed by atoms with E-state index in [0.717, 1.165) is 11.8 Å². The van der Waals surface area contributed by atoms with E-state index in [2.05, 4.69) is 10.3 Å². The summed E-state index contributed by atoms with van der Waals surface area (Å²) in [5.74, 6) is -0.146. The average molecular weight is 662 g/mol. The molecule has 6 rings (SSSR count). The zero-order valence-corrected chi connectivity index (χ0v) is 25.5. The second-order valence-corrected chi connectivity index (χ2v) is 12.3. The van der Waals surface area contributed by atoms with Gasteiger partial charge >= 0.3 is 18.2 Å². The smallest absolute Gasteiger partial charge is 0.427 e. The van der Waals surface area contributed by atoms with Gasteiger partial charge in [-0.15, -0.1) is 11.3 Å². The summed E-state index contributed by atoms with van der Waals surface area (Å²) < 4.78 is 52.4. The maximum absolute atomic E-state index is 14.1. The maximum atomic E-state index is 14.1. The van der Waals surface area contributed by atoms with E-state index in [0.29, 0.717) is 52.8 Å². The molecule has 2 fully saturated rings. The molecular weight excluding hydrogens is 635 g/mol. The van der Waals surface area contributed by atoms with Crippen molar-refractivity contribution < 1.29 is 32.2 Å². The van der Waals surface area contributed by atoms with E-state index >= 15 is 0 Å². The van der Waals surface area contributed by atoms with Crippen molar-refractivity contribution >= 4 is 51.6 Å². The van der Waals surface area contributed by atoms with Crippen LogP contribution in [-0.2, 0) is 33.4 Å². The Kier molecular flexibility index (Phi) is 8.44. The van der Waals surface area contributed by atoms with Crippen LogP contribution in [0.25, 0.3) is 21.5 Å². The number of hydrogen-bond acceptors (Lipinski definition) is 9. The Morgan fingerprint density at radius 3 is 2.71 bits per heavy atom. The van der Waals surface area contributed by atoms with Crippen LogP contribution in [0.15, 0.2) is 47.4 Å². The number of thiazole rings is 1. The van der Waals surface area contributed by atoms with Crippen LogP contribution in [0.3, 0.4) is 0 Å². The summed E-state index contributed by atoms with van der Waals surface area (Å²) in [6, 6.07) is 9.89. The number of halogens is 4. The third kappa shape index (κ3) is 6.61. The van der Waals surface area contributed by atoms with Gasteiger partial charge in [-0.3, -0.25) is 14.2 Å². The number of aromatic nitrogens is 3. The van der Waals surface area contributed by atoms with Gasteiger partial charge in [0.1, 0.15) is 22.3 Å². The minimum atomic E-state index is -4.57. The molecule has 4 heterocycles. The molecule has 0 spiro atoms. The summed E-state index contributed by atoms with van der Waals surface area (Å²) in [6.07, 6.45) is -2.88. The number of esters is 1. The van der Waals surface area contributed by atoms with E-state index in [4.69, 9.17) is 26.1 Å². The predicted molar refractivity (Wildman–Crippen MR) is 161 cm³/mol. The van der Waals surface area contributed by atoms with E-state index in [9.17, 15) is 27.6 Å². The van der Waals surface area contributed by atoms with E-state index < -0.39 is 17.0 Å². The number of fused-ring (bicyclic) bond motifs is 2. The van der Waals surface area contributed by atoms with Crippen LogP contribution in [-0.4, -0.2) is 63.3 Å². The van der Waals surface area contributed by atoms with Crippen LogP contribution in [0.5, 0.6) is 0 Å². The molecular formula is C30H27ClF3N5O5S. The lowest BCUT2D eigenvalue weighted by Crippen LogP contribution is -2.45. The SMILES string of the molecule is CC(=O)OCCc1nc2cc(-c3ncc(C(F)(F)F)s3)c(N[C@H]3CCN4C(=O)OC[C@@H]4C3)cc2c(=O)n1Cc1ccc(Cl)cc1. The van der Waals surface area contributed by atoms with Gasteiger partial charge in [0.05, 0.1) is 36.3 Å². The molecule has 2 aromatic heterocycles. The summed E-state index contributed by atoms with van der Waals surface area (Å²) in [5.41, 5.74) is 1.46. The molecule has 2 aliphatic rings. The lowest BCUT2D eigenvalue weighted by molar-refractivity contribution is -0.141. The van der Waals surface area contributed by atoms with Crippen LogP contribution < -0.4 is 10.9 Å². The molecule has 0 saturated carbocycles. The van der Waals surface area contributed by atoms with Crippen molar-refractivity contribution in [1.29, 1.82) is 0 Å². The topological polar surface area (TPSA) is 116 Å². The average Bonchev–Trinajstić information content (AvgIpc) is 3.63. The van der Waals surface area contributed by atoms with Crippen molar-refractivity contribution in [3.8, 4) is 10.6 Å². The molecule has 2 aromatic carbocycles. The Labute approximate surface area is 263 Å². The third-order valence-electron chi connectivity index (χ3n) is 7.78. The van der Waals surface area contributed by atoms with Gasteiger partial charge in [-0.05, 0) is 42.7 Å². The Hall–Kier alpha value is -4.17. The van der Waals surface area contributed by atoms with Crippen LogP contribution in [0.1, 0.15) is 36.0 Å². The number of nitrogens with zero attached hydrogens (tertiary/aromatic N) is 4. The van der Waals surface area contributed by atoms with Gasteiger partial charge in [0.25, 0.3) is 5.56 Å². The molecule has 10 nitrogen and oxygen atoms in total. The monoisotopic (exact) mass is 661 g/mol. The molecule has 45 heavy (non-hydrogen) atoms. The summed E-state index contributed by atoms with van der Waals surface area (Å²) in [6.45, 7) is 2.14. The van der Waals surface area contributed by atoms with Gasteiger partial charge in [-0.1, -0.05) is 23.7 Å². The molecule has 0 bridgehead atoms. The van der Waals surface area contributed by atoms with E-state index in [-0.39, 0.29) is 65.8 Å². The standard InChI is InChI=1S/C30H27ClF3N5O5S/c1-16(40)43-9-7-26-37-24-11-21(27-35-13-25(45-27)30(32,33)34)23(36-19-6-8-38-20(10-19)15-44-29(38)42)12-22(24)28(41)39(26)14-17-2-4-18(31)5-3-17/h2-5,11-13,19-20,36H,6-10,14-15H2,1H3/t19-,20-/m0/s1. The molecule has 2 atom stereocenters. The quantitative estimate of drug-likeness (QED) is 0.238. The van der Waals surface area contributed by atoms with E-state index in [1.165, 1.54) is 11.5 Å². The highest BCUT2D eigenvalue weighted by atomic mass is 35.5. The minimum absolute atomic E-state index is 0.0199. The van der Waals surface area contributed by atoms with E-state index in [1.807, 2.05) is 0 Å². The maximum Gasteiger partial charge on any atom is 0.427 e. The summed E-state index contributed by atoms with van der Waals surface area (Å²) in [7, 11) is 0. The first kappa shape index (κ1) is 30.8. The summed E-state index contributed by atoms with van der Waals surface area (Å²) in [4.78, 5) is 47.1. The van der Waals surface area contributed by atoms with Gasteiger partial charge in [-0.2, -0.15) is 13.2 Å². The number of benzene rings is 2.